The van der Waals surface area contributed by atoms with Gasteiger partial charge in [-0.3, -0.25) is 4.98 Å². The van der Waals surface area contributed by atoms with Crippen molar-refractivity contribution in [1.29, 1.82) is 0 Å². The molecule has 3 heterocycles. The van der Waals surface area contributed by atoms with Crippen molar-refractivity contribution < 1.29 is 4.74 Å². The molecule has 0 radical (unpaired) electrons. The van der Waals surface area contributed by atoms with Crippen LogP contribution in [0.3, 0.4) is 0 Å². The lowest BCUT2D eigenvalue weighted by Gasteiger charge is -2.37. The highest BCUT2D eigenvalue weighted by molar-refractivity contribution is 6.31. The molecule has 0 saturated carbocycles. The molecule has 9 heteroatoms. The Kier molecular flexibility index (Phi) is 9.91. The normalized spacial score (nSPS) is 14.7. The van der Waals surface area contributed by atoms with E-state index in [0.29, 0.717) is 16.6 Å². The van der Waals surface area contributed by atoms with Crippen LogP contribution in [0.2, 0.25) is 5.02 Å². The zero-order valence-corrected chi connectivity index (χ0v) is 19.0. The number of ether oxygens (including phenoxy) is 1. The van der Waals surface area contributed by atoms with Gasteiger partial charge in [0.2, 0.25) is 0 Å². The molecule has 2 aromatic heterocycles. The summed E-state index contributed by atoms with van der Waals surface area (Å²) >= 11 is 5.74. The molecule has 2 aromatic rings. The lowest BCUT2D eigenvalue weighted by Crippen LogP contribution is -2.48. The molecule has 1 saturated heterocycles. The zero-order chi connectivity index (χ0) is 22.0. The topological polar surface area (TPSA) is 115 Å². The second-order valence-electron chi connectivity index (χ2n) is 6.79. The van der Waals surface area contributed by atoms with E-state index in [-0.39, 0.29) is 5.54 Å². The van der Waals surface area contributed by atoms with Gasteiger partial charge in [-0.1, -0.05) is 25.4 Å². The summed E-state index contributed by atoms with van der Waals surface area (Å²) in [5.41, 5.74) is 12.6. The largest absolute Gasteiger partial charge is 0.495 e. The quantitative estimate of drug-likeness (QED) is 0.686. The molecule has 8 nitrogen and oxygen atoms in total. The number of nitrogens with one attached hydrogen (secondary N) is 1. The molecular weight excluding hydrogens is 390 g/mol. The Hall–Kier alpha value is -2.32. The first kappa shape index (κ1) is 24.7. The second-order valence-corrected chi connectivity index (χ2v) is 7.20. The van der Waals surface area contributed by atoms with Crippen molar-refractivity contribution in [3.63, 3.8) is 0 Å². The number of aryl methyl sites for hydroxylation is 1. The molecule has 5 N–H and O–H groups in total. The van der Waals surface area contributed by atoms with Crippen molar-refractivity contribution in [1.82, 2.24) is 15.0 Å². The first-order valence-corrected chi connectivity index (χ1v) is 10.1. The van der Waals surface area contributed by atoms with Crippen LogP contribution >= 0.6 is 11.6 Å². The maximum atomic E-state index is 6.08. The van der Waals surface area contributed by atoms with Gasteiger partial charge in [-0.2, -0.15) is 0 Å². The van der Waals surface area contributed by atoms with Crippen LogP contribution in [0, 0.1) is 6.92 Å². The maximum absolute atomic E-state index is 6.08. The number of anilines is 3. The smallest absolute Gasteiger partial charge is 0.149 e. The van der Waals surface area contributed by atoms with Gasteiger partial charge in [-0.05, 0) is 26.7 Å². The number of hydrogen-bond donors (Lipinski definition) is 3. The summed E-state index contributed by atoms with van der Waals surface area (Å²) in [5.74, 6) is 2.74. The average molecular weight is 424 g/mol. The van der Waals surface area contributed by atoms with Crippen molar-refractivity contribution in [2.24, 2.45) is 5.73 Å². The van der Waals surface area contributed by atoms with Crippen molar-refractivity contribution in [3.8, 4) is 5.75 Å². The summed E-state index contributed by atoms with van der Waals surface area (Å²) in [4.78, 5) is 14.7. The molecule has 0 spiro atoms. The highest BCUT2D eigenvalue weighted by Gasteiger charge is 2.26. The van der Waals surface area contributed by atoms with Crippen LogP contribution in [0.15, 0.2) is 18.5 Å². The van der Waals surface area contributed by atoms with E-state index in [9.17, 15) is 0 Å². The number of piperidine rings is 1. The molecule has 1 aliphatic rings. The highest BCUT2D eigenvalue weighted by atomic mass is 35.5. The fourth-order valence-electron chi connectivity index (χ4n) is 2.57. The molecule has 1 fully saturated rings. The van der Waals surface area contributed by atoms with Gasteiger partial charge in [-0.25, -0.2) is 9.97 Å². The molecule has 29 heavy (non-hydrogen) atoms. The molecule has 0 atom stereocenters. The van der Waals surface area contributed by atoms with Crippen LogP contribution in [-0.4, -0.2) is 47.7 Å². The van der Waals surface area contributed by atoms with Crippen molar-refractivity contribution >= 4 is 29.1 Å². The van der Waals surface area contributed by atoms with Gasteiger partial charge in [0.25, 0.3) is 0 Å². The Balaban J connectivity index is 0.000000284. The van der Waals surface area contributed by atoms with E-state index in [0.717, 1.165) is 43.3 Å². The Morgan fingerprint density at radius 1 is 1.21 bits per heavy atom. The summed E-state index contributed by atoms with van der Waals surface area (Å²) in [7, 11) is 3.36. The van der Waals surface area contributed by atoms with Crippen LogP contribution < -0.4 is 26.4 Å². The minimum absolute atomic E-state index is 0.0415. The lowest BCUT2D eigenvalue weighted by atomic mass is 9.91. The SMILES string of the molecule is CC.CNc1cc(OC)c(Cl)cn1.Cc1ncc(N2CCC(C)(N)CC2)nc1N. The third-order valence-electron chi connectivity index (χ3n) is 4.51. The Labute approximate surface area is 179 Å². The Morgan fingerprint density at radius 3 is 2.34 bits per heavy atom. The van der Waals surface area contributed by atoms with Crippen LogP contribution in [0.1, 0.15) is 39.3 Å². The van der Waals surface area contributed by atoms with E-state index >= 15 is 0 Å². The second kappa shape index (κ2) is 11.6. The van der Waals surface area contributed by atoms with E-state index in [4.69, 9.17) is 27.8 Å². The summed E-state index contributed by atoms with van der Waals surface area (Å²) in [6.07, 6.45) is 5.28. The molecular formula is C20H34ClN7O. The number of halogens is 1. The number of nitrogens with two attached hydrogens (primary N) is 2. The van der Waals surface area contributed by atoms with Gasteiger partial charge in [0.15, 0.2) is 0 Å². The van der Waals surface area contributed by atoms with E-state index in [1.165, 1.54) is 0 Å². The number of nitrogen functional groups attached to an aromatic ring is 1. The number of rotatable bonds is 3. The molecule has 0 aliphatic carbocycles. The average Bonchev–Trinajstić information content (AvgIpc) is 2.72. The number of pyridine rings is 1. The van der Waals surface area contributed by atoms with E-state index in [2.05, 4.69) is 32.1 Å². The number of methoxy groups -OCH3 is 1. The van der Waals surface area contributed by atoms with E-state index < -0.39 is 0 Å². The van der Waals surface area contributed by atoms with Gasteiger partial charge in [0.05, 0.1) is 25.2 Å². The third kappa shape index (κ3) is 7.55. The summed E-state index contributed by atoms with van der Waals surface area (Å²) in [5, 5.41) is 3.40. The summed E-state index contributed by atoms with van der Waals surface area (Å²) in [6.45, 7) is 9.80. The summed E-state index contributed by atoms with van der Waals surface area (Å²) < 4.78 is 4.98. The summed E-state index contributed by atoms with van der Waals surface area (Å²) in [6, 6.07) is 1.74. The van der Waals surface area contributed by atoms with Gasteiger partial charge in [0.1, 0.15) is 28.2 Å². The van der Waals surface area contributed by atoms with Gasteiger partial charge in [0, 0.05) is 31.7 Å². The predicted molar refractivity (Wildman–Crippen MR) is 122 cm³/mol. The fourth-order valence-corrected chi connectivity index (χ4v) is 2.75. The minimum atomic E-state index is -0.0415. The van der Waals surface area contributed by atoms with Gasteiger partial charge < -0.3 is 26.4 Å². The van der Waals surface area contributed by atoms with Gasteiger partial charge >= 0.3 is 0 Å². The lowest BCUT2D eigenvalue weighted by molar-refractivity contribution is 0.363. The molecule has 1 aliphatic heterocycles. The fraction of sp³-hybridized carbons (Fsp3) is 0.550. The zero-order valence-electron chi connectivity index (χ0n) is 18.3. The van der Waals surface area contributed by atoms with Crippen LogP contribution in [0.4, 0.5) is 17.5 Å². The molecule has 0 unspecified atom stereocenters. The monoisotopic (exact) mass is 423 g/mol. The van der Waals surface area contributed by atoms with Gasteiger partial charge in [-0.15, -0.1) is 0 Å². The van der Waals surface area contributed by atoms with Crippen LogP contribution in [-0.2, 0) is 0 Å². The maximum Gasteiger partial charge on any atom is 0.149 e. The standard InChI is InChI=1S/C11H19N5.C7H9ClN2O.C2H6/c1-8-10(12)15-9(7-14-8)16-5-3-11(2,13)4-6-16;1-9-7-3-6(11-2)5(8)4-10-7;1-2/h7H,3-6,13H2,1-2H3,(H2,12,15);3-4H,1-2H3,(H,9,10);1-2H3. The molecule has 0 bridgehead atoms. The Bertz CT molecular complexity index is 760. The van der Waals surface area contributed by atoms with E-state index in [1.54, 1.807) is 32.6 Å². The van der Waals surface area contributed by atoms with E-state index in [1.807, 2.05) is 20.8 Å². The van der Waals surface area contributed by atoms with Crippen molar-refractivity contribution in [3.05, 3.63) is 29.2 Å². The first-order valence-electron chi connectivity index (χ1n) is 9.76. The van der Waals surface area contributed by atoms with Crippen molar-refractivity contribution in [2.75, 3.05) is 43.2 Å². The molecule has 0 amide bonds. The van der Waals surface area contributed by atoms with Crippen LogP contribution in [0.5, 0.6) is 5.75 Å². The highest BCUT2D eigenvalue weighted by Crippen LogP contribution is 2.25. The first-order chi connectivity index (χ1) is 13.8. The minimum Gasteiger partial charge on any atom is -0.495 e. The number of nitrogens with zero attached hydrogens (tertiary/aromatic N) is 4. The number of hydrogen-bond acceptors (Lipinski definition) is 8. The van der Waals surface area contributed by atoms with Crippen LogP contribution in [0.25, 0.3) is 0 Å². The molecule has 162 valence electrons. The Morgan fingerprint density at radius 2 is 1.83 bits per heavy atom. The van der Waals surface area contributed by atoms with Crippen molar-refractivity contribution in [2.45, 2.75) is 46.1 Å². The molecule has 0 aromatic carbocycles. The molecule has 3 rings (SSSR count). The third-order valence-corrected chi connectivity index (χ3v) is 4.79. The number of aromatic nitrogens is 3. The predicted octanol–water partition coefficient (Wildman–Crippen LogP) is 3.50.